The van der Waals surface area contributed by atoms with Gasteiger partial charge in [-0.2, -0.15) is 5.10 Å². The van der Waals surface area contributed by atoms with Crippen molar-refractivity contribution in [3.8, 4) is 0 Å². The first-order valence-corrected chi connectivity index (χ1v) is 2.33. The molecular formula is C4H7ClN2. The molecule has 0 spiro atoms. The largest absolute Gasteiger partial charge is 0.163 e. The molecule has 0 aliphatic carbocycles. The van der Waals surface area contributed by atoms with Gasteiger partial charge in [0.2, 0.25) is 0 Å². The van der Waals surface area contributed by atoms with Crippen LogP contribution in [0.5, 0.6) is 0 Å². The van der Waals surface area contributed by atoms with E-state index in [4.69, 9.17) is 11.6 Å². The number of hydrogen-bond donors (Lipinski definition) is 0. The predicted octanol–water partition coefficient (Wildman–Crippen LogP) is 1.65. The smallest absolute Gasteiger partial charge is 0.125 e. The molecule has 0 aromatic rings. The van der Waals surface area contributed by atoms with E-state index < -0.39 is 0 Å². The molecule has 0 saturated heterocycles. The summed E-state index contributed by atoms with van der Waals surface area (Å²) in [5, 5.41) is 7.45. The molecule has 7 heavy (non-hydrogen) atoms. The summed E-state index contributed by atoms with van der Waals surface area (Å²) in [6.45, 7) is 3.46. The topological polar surface area (TPSA) is 24.7 Å². The van der Waals surface area contributed by atoms with Crippen LogP contribution in [0.2, 0.25) is 0 Å². The molecule has 0 amide bonds. The third kappa shape index (κ3) is 5.63. The van der Waals surface area contributed by atoms with Crippen LogP contribution in [0, 0.1) is 0 Å². The lowest BCUT2D eigenvalue weighted by Gasteiger charge is -1.74. The minimum Gasteiger partial charge on any atom is -0.163 e. The first kappa shape index (κ1) is 6.63. The Labute approximate surface area is 47.9 Å². The van der Waals surface area contributed by atoms with Gasteiger partial charge in [-0.25, -0.2) is 0 Å². The summed E-state index contributed by atoms with van der Waals surface area (Å²) in [6, 6.07) is 0. The quantitative estimate of drug-likeness (QED) is 0.370. The molecule has 0 fully saturated rings. The predicted molar refractivity (Wildman–Crippen MR) is 33.1 cm³/mol. The Hall–Kier alpha value is -0.370. The minimum absolute atomic E-state index is 0.457. The lowest BCUT2D eigenvalue weighted by molar-refractivity contribution is 1.25. The zero-order valence-corrected chi connectivity index (χ0v) is 5.11. The molecule has 0 aliphatic heterocycles. The fraction of sp³-hybridized carbons (Fsp3) is 0.500. The molecule has 0 bridgehead atoms. The van der Waals surface area contributed by atoms with Crippen molar-refractivity contribution in [1.82, 2.24) is 0 Å². The SMILES string of the molecule is CC=N/N=C(/C)Cl. The molecule has 0 aliphatic rings. The Bertz CT molecular complexity index is 91.9. The second kappa shape index (κ2) is 3.81. The van der Waals surface area contributed by atoms with E-state index in [2.05, 4.69) is 10.2 Å². The van der Waals surface area contributed by atoms with E-state index in [1.807, 2.05) is 0 Å². The van der Waals surface area contributed by atoms with Gasteiger partial charge >= 0.3 is 0 Å². The molecule has 0 heterocycles. The van der Waals surface area contributed by atoms with Crippen LogP contribution in [0.15, 0.2) is 10.2 Å². The Kier molecular flexibility index (Phi) is 3.61. The molecule has 0 aromatic carbocycles. The maximum Gasteiger partial charge on any atom is 0.125 e. The van der Waals surface area contributed by atoms with E-state index in [1.165, 1.54) is 0 Å². The lowest BCUT2D eigenvalue weighted by Crippen LogP contribution is -1.69. The number of nitrogens with zero attached hydrogens (tertiary/aromatic N) is 2. The minimum atomic E-state index is 0.457. The van der Waals surface area contributed by atoms with Crippen molar-refractivity contribution in [2.45, 2.75) is 13.8 Å². The zero-order chi connectivity index (χ0) is 5.70. The third-order valence-corrected chi connectivity index (χ3v) is 0.387. The van der Waals surface area contributed by atoms with Crippen LogP contribution in [0.25, 0.3) is 0 Å². The monoisotopic (exact) mass is 118 g/mol. The van der Waals surface area contributed by atoms with E-state index in [0.29, 0.717) is 5.17 Å². The molecule has 40 valence electrons. The van der Waals surface area contributed by atoms with Crippen molar-refractivity contribution in [2.24, 2.45) is 10.2 Å². The number of halogens is 1. The van der Waals surface area contributed by atoms with Gasteiger partial charge < -0.3 is 0 Å². The van der Waals surface area contributed by atoms with Crippen molar-refractivity contribution in [2.75, 3.05) is 0 Å². The fourth-order valence-corrected chi connectivity index (χ4v) is 0.181. The van der Waals surface area contributed by atoms with Crippen molar-refractivity contribution >= 4 is 23.0 Å². The van der Waals surface area contributed by atoms with Gasteiger partial charge in [-0.1, -0.05) is 11.6 Å². The summed E-state index contributed by atoms with van der Waals surface area (Å²) in [4.78, 5) is 0. The molecule has 0 aromatic heterocycles. The second-order valence-electron chi connectivity index (χ2n) is 0.971. The van der Waals surface area contributed by atoms with Crippen LogP contribution in [0.1, 0.15) is 13.8 Å². The van der Waals surface area contributed by atoms with Gasteiger partial charge in [0, 0.05) is 6.21 Å². The van der Waals surface area contributed by atoms with Gasteiger partial charge in [0.1, 0.15) is 5.17 Å². The van der Waals surface area contributed by atoms with E-state index >= 15 is 0 Å². The highest BCUT2D eigenvalue weighted by Gasteiger charge is 1.71. The van der Waals surface area contributed by atoms with Crippen molar-refractivity contribution in [3.63, 3.8) is 0 Å². The van der Waals surface area contributed by atoms with E-state index in [9.17, 15) is 0 Å². The highest BCUT2D eigenvalue weighted by Crippen LogP contribution is 1.81. The summed E-state index contributed by atoms with van der Waals surface area (Å²) >= 11 is 5.29. The lowest BCUT2D eigenvalue weighted by atomic mass is 10.9. The standard InChI is InChI=1S/C4H7ClN2/c1-3-6-7-4(2)5/h3H,1-2H3/b6-3?,7-4-. The molecule has 0 unspecified atom stereocenters. The highest BCUT2D eigenvalue weighted by molar-refractivity contribution is 6.64. The average Bonchev–Trinajstić information content (AvgIpc) is 1.61. The fourth-order valence-electron chi connectivity index (χ4n) is 0.137. The van der Waals surface area contributed by atoms with E-state index in [-0.39, 0.29) is 0 Å². The highest BCUT2D eigenvalue weighted by atomic mass is 35.5. The molecule has 0 saturated carbocycles. The van der Waals surface area contributed by atoms with Crippen LogP contribution in [0.3, 0.4) is 0 Å². The maximum atomic E-state index is 5.29. The molecule has 0 atom stereocenters. The van der Waals surface area contributed by atoms with Crippen LogP contribution < -0.4 is 0 Å². The van der Waals surface area contributed by atoms with Crippen LogP contribution in [-0.2, 0) is 0 Å². The Morgan fingerprint density at radius 1 is 1.71 bits per heavy atom. The van der Waals surface area contributed by atoms with Crippen LogP contribution in [0.4, 0.5) is 0 Å². The van der Waals surface area contributed by atoms with Gasteiger partial charge in [0.25, 0.3) is 0 Å². The Morgan fingerprint density at radius 2 is 2.29 bits per heavy atom. The Morgan fingerprint density at radius 3 is 2.43 bits per heavy atom. The van der Waals surface area contributed by atoms with Gasteiger partial charge in [-0.3, -0.25) is 0 Å². The zero-order valence-electron chi connectivity index (χ0n) is 4.35. The van der Waals surface area contributed by atoms with Crippen LogP contribution >= 0.6 is 11.6 Å². The first-order valence-electron chi connectivity index (χ1n) is 1.95. The number of rotatable bonds is 1. The van der Waals surface area contributed by atoms with E-state index in [0.717, 1.165) is 0 Å². The molecule has 0 radical (unpaired) electrons. The summed E-state index contributed by atoms with van der Waals surface area (Å²) in [5.74, 6) is 0. The number of hydrogen-bond acceptors (Lipinski definition) is 2. The summed E-state index contributed by atoms with van der Waals surface area (Å²) in [6.07, 6.45) is 1.58. The van der Waals surface area contributed by atoms with Crippen molar-refractivity contribution in [1.29, 1.82) is 0 Å². The second-order valence-corrected chi connectivity index (χ2v) is 1.52. The summed E-state index contributed by atoms with van der Waals surface area (Å²) in [7, 11) is 0. The summed E-state index contributed by atoms with van der Waals surface area (Å²) < 4.78 is 0. The molecular weight excluding hydrogens is 112 g/mol. The third-order valence-electron chi connectivity index (χ3n) is 0.311. The molecule has 0 rings (SSSR count). The van der Waals surface area contributed by atoms with Crippen molar-refractivity contribution < 1.29 is 0 Å². The summed E-state index contributed by atoms with van der Waals surface area (Å²) in [5.41, 5.74) is 0. The van der Waals surface area contributed by atoms with Gasteiger partial charge in [0.05, 0.1) is 0 Å². The molecule has 3 heteroatoms. The maximum absolute atomic E-state index is 5.29. The molecule has 0 N–H and O–H groups in total. The normalized spacial score (nSPS) is 13.3. The first-order chi connectivity index (χ1) is 3.27. The van der Waals surface area contributed by atoms with Crippen LogP contribution in [-0.4, -0.2) is 11.4 Å². The molecule has 2 nitrogen and oxygen atoms in total. The van der Waals surface area contributed by atoms with E-state index in [1.54, 1.807) is 20.1 Å². The van der Waals surface area contributed by atoms with Gasteiger partial charge in [-0.05, 0) is 13.8 Å². The van der Waals surface area contributed by atoms with Crippen molar-refractivity contribution in [3.05, 3.63) is 0 Å². The van der Waals surface area contributed by atoms with Gasteiger partial charge in [0.15, 0.2) is 0 Å². The average molecular weight is 119 g/mol. The van der Waals surface area contributed by atoms with Gasteiger partial charge in [-0.15, -0.1) is 5.10 Å². The Balaban J connectivity index is 3.46.